The lowest BCUT2D eigenvalue weighted by Crippen LogP contribution is -2.55. The molecule has 0 N–H and O–H groups in total. The van der Waals surface area contributed by atoms with Crippen LogP contribution >= 0.6 is 12.2 Å². The molecule has 1 aliphatic carbocycles. The van der Waals surface area contributed by atoms with Gasteiger partial charge in [-0.05, 0) is 82.7 Å². The molecule has 1 spiro atoms. The van der Waals surface area contributed by atoms with Crippen molar-refractivity contribution in [3.63, 3.8) is 0 Å². The monoisotopic (exact) mass is 407 g/mol. The van der Waals surface area contributed by atoms with E-state index in [1.54, 1.807) is 0 Å². The molecule has 0 aromatic heterocycles. The quantitative estimate of drug-likeness (QED) is 0.660. The average Bonchev–Trinajstić information content (AvgIpc) is 3.34. The van der Waals surface area contributed by atoms with E-state index in [1.165, 1.54) is 63.1 Å². The van der Waals surface area contributed by atoms with Crippen molar-refractivity contribution in [1.29, 1.82) is 0 Å². The van der Waals surface area contributed by atoms with Crippen molar-refractivity contribution in [2.45, 2.75) is 77.3 Å². The molecule has 0 bridgehead atoms. The van der Waals surface area contributed by atoms with Crippen LogP contribution in [0.3, 0.4) is 0 Å². The Hall–Kier alpha value is -0.880. The standard InChI is InChI=1S/C22H37N3O2S/c1-3-20(28)25-10-5-6-19(25)17-7-11-23(12-8-17)18-14-22(15-18)9-13-24(16-22)21(26)27-4-2/h17-19H,3-16H2,1-2H3. The van der Waals surface area contributed by atoms with Gasteiger partial charge in [-0.3, -0.25) is 0 Å². The number of amides is 1. The first-order valence-corrected chi connectivity index (χ1v) is 11.9. The fourth-order valence-corrected chi connectivity index (χ4v) is 6.53. The highest BCUT2D eigenvalue weighted by Crippen LogP contribution is 2.51. The van der Waals surface area contributed by atoms with E-state index in [9.17, 15) is 4.79 Å². The SMILES string of the molecule is CCOC(=O)N1CCC2(CC(N3CCC(C4CCCN4C(=S)CC)CC3)C2)C1. The Labute approximate surface area is 175 Å². The number of piperidine rings is 1. The molecule has 1 unspecified atom stereocenters. The third-order valence-corrected chi connectivity index (χ3v) is 8.38. The summed E-state index contributed by atoms with van der Waals surface area (Å²) in [4.78, 5) is 20.4. The molecule has 3 heterocycles. The first kappa shape index (κ1) is 20.4. The van der Waals surface area contributed by atoms with Crippen LogP contribution in [0.1, 0.15) is 65.2 Å². The van der Waals surface area contributed by atoms with Gasteiger partial charge in [0.2, 0.25) is 0 Å². The summed E-state index contributed by atoms with van der Waals surface area (Å²) in [7, 11) is 0. The molecule has 158 valence electrons. The van der Waals surface area contributed by atoms with Crippen LogP contribution in [0.25, 0.3) is 0 Å². The van der Waals surface area contributed by atoms with Gasteiger partial charge in [0.25, 0.3) is 0 Å². The Bertz CT molecular complexity index is 584. The fourth-order valence-electron chi connectivity index (χ4n) is 6.30. The van der Waals surface area contributed by atoms with Crippen molar-refractivity contribution in [3.05, 3.63) is 0 Å². The largest absolute Gasteiger partial charge is 0.450 e. The minimum Gasteiger partial charge on any atom is -0.450 e. The lowest BCUT2D eigenvalue weighted by Gasteiger charge is -2.52. The average molecular weight is 408 g/mol. The van der Waals surface area contributed by atoms with Crippen LogP contribution in [0.2, 0.25) is 0 Å². The highest BCUT2D eigenvalue weighted by Gasteiger charge is 2.51. The van der Waals surface area contributed by atoms with Gasteiger partial charge in [0.1, 0.15) is 0 Å². The number of nitrogens with zero attached hydrogens (tertiary/aromatic N) is 3. The van der Waals surface area contributed by atoms with E-state index in [1.807, 2.05) is 11.8 Å². The number of carbonyl (C=O) groups is 1. The van der Waals surface area contributed by atoms with Crippen molar-refractivity contribution in [2.24, 2.45) is 11.3 Å². The Morgan fingerprint density at radius 3 is 2.54 bits per heavy atom. The molecule has 0 aromatic carbocycles. The lowest BCUT2D eigenvalue weighted by molar-refractivity contribution is -0.0137. The van der Waals surface area contributed by atoms with Crippen LogP contribution in [0.15, 0.2) is 0 Å². The van der Waals surface area contributed by atoms with E-state index in [0.717, 1.165) is 37.9 Å². The topological polar surface area (TPSA) is 36.0 Å². The Balaban J connectivity index is 1.23. The van der Waals surface area contributed by atoms with Gasteiger partial charge in [-0.2, -0.15) is 0 Å². The number of ether oxygens (including phenoxy) is 1. The molecule has 3 saturated heterocycles. The van der Waals surface area contributed by atoms with Gasteiger partial charge < -0.3 is 19.4 Å². The summed E-state index contributed by atoms with van der Waals surface area (Å²) in [6, 6.07) is 1.44. The first-order valence-electron chi connectivity index (χ1n) is 11.5. The van der Waals surface area contributed by atoms with Crippen LogP contribution < -0.4 is 0 Å². The Kier molecular flexibility index (Phi) is 6.17. The molecular weight excluding hydrogens is 370 g/mol. The minimum atomic E-state index is -0.116. The third-order valence-electron chi connectivity index (χ3n) is 7.86. The van der Waals surface area contributed by atoms with E-state index in [4.69, 9.17) is 17.0 Å². The summed E-state index contributed by atoms with van der Waals surface area (Å²) in [5.41, 5.74) is 0.379. The van der Waals surface area contributed by atoms with Crippen molar-refractivity contribution < 1.29 is 9.53 Å². The summed E-state index contributed by atoms with van der Waals surface area (Å²) in [5.74, 6) is 0.822. The van der Waals surface area contributed by atoms with Gasteiger partial charge >= 0.3 is 6.09 Å². The lowest BCUT2D eigenvalue weighted by atomic mass is 9.64. The number of hydrogen-bond donors (Lipinski definition) is 0. The van der Waals surface area contributed by atoms with Crippen LogP contribution in [-0.2, 0) is 4.74 Å². The summed E-state index contributed by atoms with van der Waals surface area (Å²) < 4.78 is 5.19. The molecule has 3 aliphatic heterocycles. The molecule has 4 fully saturated rings. The van der Waals surface area contributed by atoms with Gasteiger partial charge in [-0.1, -0.05) is 19.1 Å². The van der Waals surface area contributed by atoms with Gasteiger partial charge in [0, 0.05) is 31.7 Å². The van der Waals surface area contributed by atoms with Gasteiger partial charge in [0.05, 0.1) is 11.6 Å². The number of hydrogen-bond acceptors (Lipinski definition) is 4. The molecule has 4 rings (SSSR count). The summed E-state index contributed by atoms with van der Waals surface area (Å²) >= 11 is 5.63. The van der Waals surface area contributed by atoms with Crippen molar-refractivity contribution >= 4 is 23.3 Å². The van der Waals surface area contributed by atoms with E-state index < -0.39 is 0 Å². The Morgan fingerprint density at radius 2 is 1.86 bits per heavy atom. The fraction of sp³-hybridized carbons (Fsp3) is 0.909. The summed E-state index contributed by atoms with van der Waals surface area (Å²) in [5, 5.41) is 0. The van der Waals surface area contributed by atoms with Crippen LogP contribution in [-0.4, -0.2) is 77.2 Å². The van der Waals surface area contributed by atoms with E-state index >= 15 is 0 Å². The number of carbonyl (C=O) groups excluding carboxylic acids is 1. The van der Waals surface area contributed by atoms with E-state index in [2.05, 4.69) is 16.7 Å². The smallest absolute Gasteiger partial charge is 0.409 e. The van der Waals surface area contributed by atoms with Gasteiger partial charge in [-0.15, -0.1) is 0 Å². The van der Waals surface area contributed by atoms with Crippen LogP contribution in [0, 0.1) is 11.3 Å². The molecule has 6 heteroatoms. The van der Waals surface area contributed by atoms with E-state index in [-0.39, 0.29) is 6.09 Å². The zero-order valence-electron chi connectivity index (χ0n) is 17.7. The second-order valence-electron chi connectivity index (χ2n) is 9.46. The number of rotatable bonds is 4. The molecule has 5 nitrogen and oxygen atoms in total. The molecular formula is C22H37N3O2S. The third kappa shape index (κ3) is 3.91. The maximum absolute atomic E-state index is 12.0. The second kappa shape index (κ2) is 8.47. The highest BCUT2D eigenvalue weighted by atomic mass is 32.1. The number of likely N-dealkylation sites (tertiary alicyclic amines) is 3. The maximum atomic E-state index is 12.0. The minimum absolute atomic E-state index is 0.116. The molecule has 1 saturated carbocycles. The van der Waals surface area contributed by atoms with Crippen LogP contribution in [0.5, 0.6) is 0 Å². The normalized spacial score (nSPS) is 34.1. The van der Waals surface area contributed by atoms with Crippen LogP contribution in [0.4, 0.5) is 4.79 Å². The van der Waals surface area contributed by atoms with Crippen molar-refractivity contribution in [2.75, 3.05) is 39.3 Å². The zero-order chi connectivity index (χ0) is 19.7. The second-order valence-corrected chi connectivity index (χ2v) is 9.93. The molecule has 28 heavy (non-hydrogen) atoms. The van der Waals surface area contributed by atoms with Crippen molar-refractivity contribution in [3.8, 4) is 0 Å². The summed E-state index contributed by atoms with van der Waals surface area (Å²) in [6.07, 6.45) is 9.88. The van der Waals surface area contributed by atoms with E-state index in [0.29, 0.717) is 18.1 Å². The van der Waals surface area contributed by atoms with Gasteiger partial charge in [0.15, 0.2) is 0 Å². The molecule has 0 radical (unpaired) electrons. The maximum Gasteiger partial charge on any atom is 0.409 e. The summed E-state index contributed by atoms with van der Waals surface area (Å²) in [6.45, 7) is 10.0. The molecule has 1 atom stereocenters. The highest BCUT2D eigenvalue weighted by molar-refractivity contribution is 7.80. The van der Waals surface area contributed by atoms with Gasteiger partial charge in [-0.25, -0.2) is 4.79 Å². The predicted molar refractivity (Wildman–Crippen MR) is 116 cm³/mol. The predicted octanol–water partition coefficient (Wildman–Crippen LogP) is 3.91. The number of thiocarbonyl (C=S) groups is 1. The van der Waals surface area contributed by atoms with Crippen molar-refractivity contribution in [1.82, 2.24) is 14.7 Å². The molecule has 4 aliphatic rings. The Morgan fingerprint density at radius 1 is 1.11 bits per heavy atom. The zero-order valence-corrected chi connectivity index (χ0v) is 18.5. The molecule has 1 amide bonds. The molecule has 0 aromatic rings. The first-order chi connectivity index (χ1) is 13.5.